The summed E-state index contributed by atoms with van der Waals surface area (Å²) in [5, 5.41) is 13.5. The highest BCUT2D eigenvalue weighted by molar-refractivity contribution is 7.11. The van der Waals surface area contributed by atoms with Crippen molar-refractivity contribution in [1.82, 2.24) is 10.3 Å². The summed E-state index contributed by atoms with van der Waals surface area (Å²) >= 11 is 1.80. The molecular formula is C11H18N2O2S. The third kappa shape index (κ3) is 2.79. The molecule has 4 nitrogen and oxygen atoms in total. The SMILES string of the molecule is COC[C@@H](CO)NCc1nc2c(s1)CCC2. The van der Waals surface area contributed by atoms with Gasteiger partial charge in [-0.3, -0.25) is 0 Å². The molecular weight excluding hydrogens is 224 g/mol. The van der Waals surface area contributed by atoms with Crippen LogP contribution < -0.4 is 5.32 Å². The zero-order valence-electron chi connectivity index (χ0n) is 9.53. The van der Waals surface area contributed by atoms with E-state index in [1.165, 1.54) is 23.4 Å². The molecule has 1 heterocycles. The van der Waals surface area contributed by atoms with Gasteiger partial charge >= 0.3 is 0 Å². The Morgan fingerprint density at radius 3 is 3.12 bits per heavy atom. The fraction of sp³-hybridized carbons (Fsp3) is 0.727. The fourth-order valence-corrected chi connectivity index (χ4v) is 3.04. The lowest BCUT2D eigenvalue weighted by atomic mass is 10.3. The molecule has 0 aliphatic heterocycles. The van der Waals surface area contributed by atoms with E-state index in [-0.39, 0.29) is 12.6 Å². The minimum atomic E-state index is 0.00346. The first-order valence-corrected chi connectivity index (χ1v) is 6.45. The van der Waals surface area contributed by atoms with Gasteiger partial charge in [-0.05, 0) is 19.3 Å². The number of methoxy groups -OCH3 is 1. The van der Waals surface area contributed by atoms with Crippen molar-refractivity contribution >= 4 is 11.3 Å². The number of aliphatic hydroxyl groups is 1. The highest BCUT2D eigenvalue weighted by Crippen LogP contribution is 2.27. The summed E-state index contributed by atoms with van der Waals surface area (Å²) in [5.74, 6) is 0. The third-order valence-corrected chi connectivity index (χ3v) is 3.93. The van der Waals surface area contributed by atoms with Gasteiger partial charge in [-0.2, -0.15) is 0 Å². The maximum absolute atomic E-state index is 9.09. The zero-order valence-corrected chi connectivity index (χ0v) is 10.3. The van der Waals surface area contributed by atoms with Gasteiger partial charge in [0.2, 0.25) is 0 Å². The predicted octanol–water partition coefficient (Wildman–Crippen LogP) is 0.729. The van der Waals surface area contributed by atoms with Crippen molar-refractivity contribution in [3.63, 3.8) is 0 Å². The van der Waals surface area contributed by atoms with E-state index in [0.29, 0.717) is 6.61 Å². The first-order chi connectivity index (χ1) is 7.83. The van der Waals surface area contributed by atoms with E-state index in [0.717, 1.165) is 18.0 Å². The van der Waals surface area contributed by atoms with Gasteiger partial charge in [0.05, 0.1) is 24.9 Å². The van der Waals surface area contributed by atoms with Gasteiger partial charge in [0.15, 0.2) is 0 Å². The molecule has 1 aliphatic carbocycles. The van der Waals surface area contributed by atoms with Crippen LogP contribution in [0.2, 0.25) is 0 Å². The lowest BCUT2D eigenvalue weighted by Gasteiger charge is -2.13. The van der Waals surface area contributed by atoms with Gasteiger partial charge < -0.3 is 15.2 Å². The molecule has 1 aromatic rings. The van der Waals surface area contributed by atoms with Crippen molar-refractivity contribution in [3.8, 4) is 0 Å². The van der Waals surface area contributed by atoms with E-state index in [9.17, 15) is 0 Å². The molecule has 0 saturated carbocycles. The number of hydrogen-bond donors (Lipinski definition) is 2. The average molecular weight is 242 g/mol. The number of ether oxygens (including phenoxy) is 1. The monoisotopic (exact) mass is 242 g/mol. The Labute approximate surface area is 99.7 Å². The number of aliphatic hydroxyl groups excluding tert-OH is 1. The minimum Gasteiger partial charge on any atom is -0.395 e. The van der Waals surface area contributed by atoms with E-state index in [2.05, 4.69) is 10.3 Å². The fourth-order valence-electron chi connectivity index (χ4n) is 1.93. The number of nitrogens with one attached hydrogen (secondary N) is 1. The molecule has 0 amide bonds. The number of fused-ring (bicyclic) bond motifs is 1. The summed E-state index contributed by atoms with van der Waals surface area (Å²) in [4.78, 5) is 6.04. The number of aromatic nitrogens is 1. The molecule has 0 radical (unpaired) electrons. The van der Waals surface area contributed by atoms with Crippen LogP contribution in [0.4, 0.5) is 0 Å². The van der Waals surface area contributed by atoms with E-state index in [1.54, 1.807) is 18.4 Å². The summed E-state index contributed by atoms with van der Waals surface area (Å²) < 4.78 is 5.01. The molecule has 16 heavy (non-hydrogen) atoms. The van der Waals surface area contributed by atoms with E-state index in [1.807, 2.05) is 0 Å². The zero-order chi connectivity index (χ0) is 11.4. The maximum atomic E-state index is 9.09. The molecule has 0 bridgehead atoms. The number of hydrogen-bond acceptors (Lipinski definition) is 5. The van der Waals surface area contributed by atoms with Crippen LogP contribution >= 0.6 is 11.3 Å². The third-order valence-electron chi connectivity index (χ3n) is 2.77. The second kappa shape index (κ2) is 5.72. The molecule has 0 saturated heterocycles. The van der Waals surface area contributed by atoms with Gasteiger partial charge in [-0.15, -0.1) is 11.3 Å². The van der Waals surface area contributed by atoms with Crippen LogP contribution in [0.3, 0.4) is 0 Å². The van der Waals surface area contributed by atoms with E-state index < -0.39 is 0 Å². The lowest BCUT2D eigenvalue weighted by Crippen LogP contribution is -2.35. The van der Waals surface area contributed by atoms with Crippen molar-refractivity contribution in [2.75, 3.05) is 20.3 Å². The van der Waals surface area contributed by atoms with Gasteiger partial charge in [-0.25, -0.2) is 4.98 Å². The Kier molecular flexibility index (Phi) is 4.29. The maximum Gasteiger partial charge on any atom is 0.107 e. The van der Waals surface area contributed by atoms with Crippen molar-refractivity contribution in [2.45, 2.75) is 31.8 Å². The quantitative estimate of drug-likeness (QED) is 0.772. The van der Waals surface area contributed by atoms with Gasteiger partial charge in [-0.1, -0.05) is 0 Å². The highest BCUT2D eigenvalue weighted by Gasteiger charge is 2.17. The Bertz CT molecular complexity index is 319. The number of aryl methyl sites for hydroxylation is 2. The summed E-state index contributed by atoms with van der Waals surface area (Å²) in [6.07, 6.45) is 3.58. The van der Waals surface area contributed by atoms with Crippen LogP contribution in [0.1, 0.15) is 22.0 Å². The molecule has 2 N–H and O–H groups in total. The van der Waals surface area contributed by atoms with Crippen LogP contribution in [0.5, 0.6) is 0 Å². The van der Waals surface area contributed by atoms with Crippen molar-refractivity contribution < 1.29 is 9.84 Å². The Morgan fingerprint density at radius 1 is 1.56 bits per heavy atom. The molecule has 1 atom stereocenters. The first kappa shape index (κ1) is 12.0. The molecule has 1 aliphatic rings. The lowest BCUT2D eigenvalue weighted by molar-refractivity contribution is 0.128. The smallest absolute Gasteiger partial charge is 0.107 e. The number of nitrogens with zero attached hydrogens (tertiary/aromatic N) is 1. The van der Waals surface area contributed by atoms with Gasteiger partial charge in [0.25, 0.3) is 0 Å². The van der Waals surface area contributed by atoms with Crippen LogP contribution in [0.25, 0.3) is 0 Å². The van der Waals surface area contributed by atoms with Crippen LogP contribution in [0.15, 0.2) is 0 Å². The number of thiazole rings is 1. The van der Waals surface area contributed by atoms with E-state index in [4.69, 9.17) is 9.84 Å². The molecule has 2 rings (SSSR count). The topological polar surface area (TPSA) is 54.4 Å². The largest absolute Gasteiger partial charge is 0.395 e. The van der Waals surface area contributed by atoms with Crippen molar-refractivity contribution in [2.24, 2.45) is 0 Å². The van der Waals surface area contributed by atoms with Crippen LogP contribution in [-0.4, -0.2) is 36.5 Å². The summed E-state index contributed by atoms with van der Waals surface area (Å²) in [6, 6.07) is 0.00346. The summed E-state index contributed by atoms with van der Waals surface area (Å²) in [6.45, 7) is 1.35. The van der Waals surface area contributed by atoms with Crippen molar-refractivity contribution in [3.05, 3.63) is 15.6 Å². The van der Waals surface area contributed by atoms with Gasteiger partial charge in [0.1, 0.15) is 5.01 Å². The molecule has 0 fully saturated rings. The first-order valence-electron chi connectivity index (χ1n) is 5.64. The Morgan fingerprint density at radius 2 is 2.44 bits per heavy atom. The number of rotatable bonds is 6. The Hall–Kier alpha value is -0.490. The molecule has 90 valence electrons. The molecule has 5 heteroatoms. The summed E-state index contributed by atoms with van der Waals surface area (Å²) in [7, 11) is 1.64. The molecule has 0 aromatic carbocycles. The highest BCUT2D eigenvalue weighted by atomic mass is 32.1. The Balaban J connectivity index is 1.84. The second-order valence-electron chi connectivity index (χ2n) is 4.05. The minimum absolute atomic E-state index is 0.00346. The van der Waals surface area contributed by atoms with Crippen LogP contribution in [-0.2, 0) is 24.1 Å². The van der Waals surface area contributed by atoms with E-state index >= 15 is 0 Å². The van der Waals surface area contributed by atoms with Gasteiger partial charge in [0, 0.05) is 18.5 Å². The van der Waals surface area contributed by atoms with Crippen molar-refractivity contribution in [1.29, 1.82) is 0 Å². The normalized spacial score (nSPS) is 16.4. The molecule has 1 aromatic heterocycles. The predicted molar refractivity (Wildman–Crippen MR) is 63.7 cm³/mol. The molecule has 0 spiro atoms. The second-order valence-corrected chi connectivity index (χ2v) is 5.21. The standard InChI is InChI=1S/C11H18N2O2S/c1-15-7-8(6-14)12-5-11-13-9-3-2-4-10(9)16-11/h8,12,14H,2-7H2,1H3/t8-/m1/s1. The summed E-state index contributed by atoms with van der Waals surface area (Å²) in [5.41, 5.74) is 1.29. The van der Waals surface area contributed by atoms with Crippen LogP contribution in [0, 0.1) is 0 Å². The average Bonchev–Trinajstić information content (AvgIpc) is 2.84. The molecule has 0 unspecified atom stereocenters.